The summed E-state index contributed by atoms with van der Waals surface area (Å²) in [7, 11) is 3.29. The van der Waals surface area contributed by atoms with E-state index in [4.69, 9.17) is 13.9 Å². The fraction of sp³-hybridized carbons (Fsp3) is 0.292. The summed E-state index contributed by atoms with van der Waals surface area (Å²) in [4.78, 5) is 14.9. The number of hydrogen-bond donors (Lipinski definition) is 1. The van der Waals surface area contributed by atoms with Crippen LogP contribution in [0.1, 0.15) is 23.4 Å². The summed E-state index contributed by atoms with van der Waals surface area (Å²) in [6.45, 7) is 1.38. The molecular weight excluding hydrogens is 380 g/mol. The van der Waals surface area contributed by atoms with Gasteiger partial charge in [0, 0.05) is 30.4 Å². The molecule has 3 aromatic rings. The molecule has 2 heterocycles. The van der Waals surface area contributed by atoms with Crippen molar-refractivity contribution in [1.82, 2.24) is 4.90 Å². The molecule has 0 saturated carbocycles. The average molecular weight is 406 g/mol. The van der Waals surface area contributed by atoms with Gasteiger partial charge in [-0.1, -0.05) is 0 Å². The number of rotatable bonds is 6. The number of ether oxygens (including phenoxy) is 2. The number of anilines is 1. The summed E-state index contributed by atoms with van der Waals surface area (Å²) in [6, 6.07) is 19.2. The van der Waals surface area contributed by atoms with Crippen LogP contribution < -0.4 is 14.8 Å². The lowest BCUT2D eigenvalue weighted by Crippen LogP contribution is -2.45. The third-order valence-electron chi connectivity index (χ3n) is 5.36. The Morgan fingerprint density at radius 1 is 0.967 bits per heavy atom. The maximum atomic E-state index is 13.0. The minimum atomic E-state index is -0.0732. The fourth-order valence-corrected chi connectivity index (χ4v) is 3.72. The topological polar surface area (TPSA) is 63.9 Å². The summed E-state index contributed by atoms with van der Waals surface area (Å²) in [5, 5.41) is 3.52. The predicted molar refractivity (Wildman–Crippen MR) is 116 cm³/mol. The molecule has 0 aliphatic carbocycles. The van der Waals surface area contributed by atoms with E-state index in [1.54, 1.807) is 20.3 Å². The number of carbonyl (C=O) groups is 1. The lowest BCUT2D eigenvalue weighted by atomic mass is 10.0. The summed E-state index contributed by atoms with van der Waals surface area (Å²) < 4.78 is 16.3. The third kappa shape index (κ3) is 4.43. The van der Waals surface area contributed by atoms with E-state index in [1.807, 2.05) is 59.5 Å². The zero-order chi connectivity index (χ0) is 20.9. The van der Waals surface area contributed by atoms with Crippen molar-refractivity contribution < 1.29 is 18.7 Å². The van der Waals surface area contributed by atoms with E-state index < -0.39 is 0 Å². The molecule has 1 atom stereocenters. The quantitative estimate of drug-likeness (QED) is 0.644. The Morgan fingerprint density at radius 3 is 2.30 bits per heavy atom. The van der Waals surface area contributed by atoms with Crippen LogP contribution in [0.4, 0.5) is 5.69 Å². The number of hydrogen-bond acceptors (Lipinski definition) is 5. The third-order valence-corrected chi connectivity index (χ3v) is 5.36. The van der Waals surface area contributed by atoms with Crippen LogP contribution in [0.3, 0.4) is 0 Å². The molecule has 6 heteroatoms. The van der Waals surface area contributed by atoms with Gasteiger partial charge in [0.2, 0.25) is 0 Å². The highest BCUT2D eigenvalue weighted by Crippen LogP contribution is 2.26. The van der Waals surface area contributed by atoms with E-state index in [-0.39, 0.29) is 11.9 Å². The molecule has 156 valence electrons. The van der Waals surface area contributed by atoms with Crippen molar-refractivity contribution in [2.24, 2.45) is 0 Å². The van der Waals surface area contributed by atoms with Gasteiger partial charge in [0.15, 0.2) is 5.76 Å². The average Bonchev–Trinajstić information content (AvgIpc) is 3.29. The van der Waals surface area contributed by atoms with E-state index in [9.17, 15) is 4.79 Å². The standard InChI is InChI=1S/C24H26N2O4/c1-28-20-9-5-17(6-10-20)22-13-14-23(30-22)24(27)26-15-3-4-19(16-26)25-18-7-11-21(29-2)12-8-18/h5-14,19,25H,3-4,15-16H2,1-2H3/t19-/m1/s1. The van der Waals surface area contributed by atoms with E-state index in [0.29, 0.717) is 18.1 Å². The van der Waals surface area contributed by atoms with Gasteiger partial charge in [-0.05, 0) is 73.5 Å². The number of benzene rings is 2. The number of piperidine rings is 1. The molecule has 1 saturated heterocycles. The first-order valence-corrected chi connectivity index (χ1v) is 10.1. The first kappa shape index (κ1) is 19.9. The Bertz CT molecular complexity index is 979. The van der Waals surface area contributed by atoms with Gasteiger partial charge in [0.05, 0.1) is 14.2 Å². The first-order valence-electron chi connectivity index (χ1n) is 10.1. The molecule has 0 spiro atoms. The molecule has 0 radical (unpaired) electrons. The Kier molecular flexibility index (Phi) is 5.93. The Morgan fingerprint density at radius 2 is 1.63 bits per heavy atom. The highest BCUT2D eigenvalue weighted by molar-refractivity contribution is 5.92. The Balaban J connectivity index is 1.40. The molecule has 6 nitrogen and oxygen atoms in total. The smallest absolute Gasteiger partial charge is 0.289 e. The molecule has 1 fully saturated rings. The lowest BCUT2D eigenvalue weighted by Gasteiger charge is -2.33. The number of nitrogens with zero attached hydrogens (tertiary/aromatic N) is 1. The van der Waals surface area contributed by atoms with Crippen LogP contribution in [0, 0.1) is 0 Å². The maximum Gasteiger partial charge on any atom is 0.289 e. The first-order chi connectivity index (χ1) is 14.7. The molecule has 1 N–H and O–H groups in total. The zero-order valence-corrected chi connectivity index (χ0v) is 17.3. The minimum Gasteiger partial charge on any atom is -0.497 e. The monoisotopic (exact) mass is 406 g/mol. The van der Waals surface area contributed by atoms with Crippen molar-refractivity contribution in [3.05, 3.63) is 66.4 Å². The van der Waals surface area contributed by atoms with Crippen LogP contribution in [0.2, 0.25) is 0 Å². The number of furan rings is 1. The molecule has 1 amide bonds. The van der Waals surface area contributed by atoms with Gasteiger partial charge in [0.25, 0.3) is 5.91 Å². The van der Waals surface area contributed by atoms with Gasteiger partial charge < -0.3 is 24.1 Å². The van der Waals surface area contributed by atoms with Crippen molar-refractivity contribution in [2.75, 3.05) is 32.6 Å². The second-order valence-electron chi connectivity index (χ2n) is 7.36. The van der Waals surface area contributed by atoms with Gasteiger partial charge >= 0.3 is 0 Å². The summed E-state index contributed by atoms with van der Waals surface area (Å²) in [5.41, 5.74) is 1.93. The van der Waals surface area contributed by atoms with E-state index >= 15 is 0 Å². The lowest BCUT2D eigenvalue weighted by molar-refractivity contribution is 0.0683. The molecule has 1 aliphatic heterocycles. The van der Waals surface area contributed by atoms with Crippen molar-refractivity contribution in [3.63, 3.8) is 0 Å². The van der Waals surface area contributed by atoms with Crippen LogP contribution in [0.5, 0.6) is 11.5 Å². The SMILES string of the molecule is COc1ccc(N[C@@H]2CCCN(C(=O)c3ccc(-c4ccc(OC)cc4)o3)C2)cc1. The van der Waals surface area contributed by atoms with E-state index in [0.717, 1.165) is 42.1 Å². The zero-order valence-electron chi connectivity index (χ0n) is 17.3. The molecule has 1 aromatic heterocycles. The molecule has 4 rings (SSSR count). The summed E-state index contributed by atoms with van der Waals surface area (Å²) in [6.07, 6.45) is 1.97. The largest absolute Gasteiger partial charge is 0.497 e. The Labute approximate surface area is 176 Å². The molecule has 30 heavy (non-hydrogen) atoms. The molecular formula is C24H26N2O4. The van der Waals surface area contributed by atoms with E-state index in [1.165, 1.54) is 0 Å². The van der Waals surface area contributed by atoms with Crippen LogP contribution >= 0.6 is 0 Å². The second kappa shape index (κ2) is 8.95. The van der Waals surface area contributed by atoms with Crippen LogP contribution in [0.15, 0.2) is 65.1 Å². The summed E-state index contributed by atoms with van der Waals surface area (Å²) >= 11 is 0. The van der Waals surface area contributed by atoms with Gasteiger partial charge in [-0.25, -0.2) is 0 Å². The maximum absolute atomic E-state index is 13.0. The number of likely N-dealkylation sites (tertiary alicyclic amines) is 1. The normalized spacial score (nSPS) is 16.2. The van der Waals surface area contributed by atoms with Crippen molar-refractivity contribution in [2.45, 2.75) is 18.9 Å². The highest BCUT2D eigenvalue weighted by Gasteiger charge is 2.26. The van der Waals surface area contributed by atoms with Crippen molar-refractivity contribution in [3.8, 4) is 22.8 Å². The number of amides is 1. The van der Waals surface area contributed by atoms with Crippen molar-refractivity contribution >= 4 is 11.6 Å². The molecule has 0 bridgehead atoms. The molecule has 1 aliphatic rings. The fourth-order valence-electron chi connectivity index (χ4n) is 3.72. The number of carbonyl (C=O) groups excluding carboxylic acids is 1. The van der Waals surface area contributed by atoms with Crippen LogP contribution in [-0.4, -0.2) is 44.2 Å². The predicted octanol–water partition coefficient (Wildman–Crippen LogP) is 4.68. The van der Waals surface area contributed by atoms with Gasteiger partial charge in [-0.2, -0.15) is 0 Å². The molecule has 2 aromatic carbocycles. The summed E-state index contributed by atoms with van der Waals surface area (Å²) in [5.74, 6) is 2.57. The highest BCUT2D eigenvalue weighted by atomic mass is 16.5. The van der Waals surface area contributed by atoms with Crippen LogP contribution in [-0.2, 0) is 0 Å². The van der Waals surface area contributed by atoms with Gasteiger partial charge in [0.1, 0.15) is 17.3 Å². The second-order valence-corrected chi connectivity index (χ2v) is 7.36. The van der Waals surface area contributed by atoms with Gasteiger partial charge in [-0.15, -0.1) is 0 Å². The Hall–Kier alpha value is -3.41. The van der Waals surface area contributed by atoms with Crippen molar-refractivity contribution in [1.29, 1.82) is 0 Å². The number of methoxy groups -OCH3 is 2. The number of nitrogens with one attached hydrogen (secondary N) is 1. The minimum absolute atomic E-state index is 0.0732. The van der Waals surface area contributed by atoms with Crippen LogP contribution in [0.25, 0.3) is 11.3 Å². The van der Waals surface area contributed by atoms with E-state index in [2.05, 4.69) is 5.32 Å². The molecule has 0 unspecified atom stereocenters. The van der Waals surface area contributed by atoms with Gasteiger partial charge in [-0.3, -0.25) is 4.79 Å².